The molecule has 0 fully saturated rings. The number of benzene rings is 3. The normalized spacial score (nSPS) is 12.2. The zero-order valence-electron chi connectivity index (χ0n) is 18.5. The summed E-state index contributed by atoms with van der Waals surface area (Å²) < 4.78 is 33.4. The van der Waals surface area contributed by atoms with Crippen LogP contribution < -0.4 is 14.8 Å². The summed E-state index contributed by atoms with van der Waals surface area (Å²) in [5.41, 5.74) is 3.43. The Morgan fingerprint density at radius 1 is 1.00 bits per heavy atom. The lowest BCUT2D eigenvalue weighted by Gasteiger charge is -2.15. The molecule has 1 atom stereocenters. The first kappa shape index (κ1) is 23.5. The Morgan fingerprint density at radius 2 is 1.69 bits per heavy atom. The van der Waals surface area contributed by atoms with Crippen LogP contribution in [0.4, 0.5) is 5.69 Å². The number of methoxy groups -OCH3 is 1. The molecule has 1 unspecified atom stereocenters. The smallest absolute Gasteiger partial charge is 0.241 e. The Balaban J connectivity index is 1.58. The van der Waals surface area contributed by atoms with Gasteiger partial charge in [-0.3, -0.25) is 4.79 Å². The van der Waals surface area contributed by atoms with E-state index in [4.69, 9.17) is 4.74 Å². The van der Waals surface area contributed by atoms with Gasteiger partial charge in [0, 0.05) is 12.5 Å². The lowest BCUT2D eigenvalue weighted by Crippen LogP contribution is -2.26. The number of sulfonamides is 1. The summed E-state index contributed by atoms with van der Waals surface area (Å²) >= 11 is 0. The average Bonchev–Trinajstić information content (AvgIpc) is 2.78. The highest BCUT2D eigenvalue weighted by Gasteiger charge is 2.18. The van der Waals surface area contributed by atoms with Gasteiger partial charge in [0.1, 0.15) is 5.75 Å². The summed E-state index contributed by atoms with van der Waals surface area (Å²) in [6.45, 7) is 3.75. The minimum Gasteiger partial charge on any atom is -0.495 e. The predicted octanol–water partition coefficient (Wildman–Crippen LogP) is 4.61. The highest BCUT2D eigenvalue weighted by molar-refractivity contribution is 7.89. The second-order valence-corrected chi connectivity index (χ2v) is 9.36. The molecule has 6 nitrogen and oxygen atoms in total. The first-order valence-corrected chi connectivity index (χ1v) is 11.9. The number of rotatable bonds is 9. The average molecular weight is 453 g/mol. The first-order chi connectivity index (χ1) is 15.3. The van der Waals surface area contributed by atoms with Gasteiger partial charge in [-0.05, 0) is 61.2 Å². The Labute approximate surface area is 189 Å². The Hall–Kier alpha value is -3.16. The van der Waals surface area contributed by atoms with Crippen LogP contribution in [0.2, 0.25) is 0 Å². The number of hydrogen-bond donors (Lipinski definition) is 2. The van der Waals surface area contributed by atoms with E-state index in [0.29, 0.717) is 17.9 Å². The lowest BCUT2D eigenvalue weighted by molar-refractivity contribution is -0.116. The minimum absolute atomic E-state index is 0.135. The van der Waals surface area contributed by atoms with E-state index >= 15 is 0 Å². The van der Waals surface area contributed by atoms with Gasteiger partial charge in [-0.2, -0.15) is 0 Å². The standard InChI is InChI=1S/C25H28N2O4S/c1-18-9-15-24(31-3)23(17-18)26-25(28)16-12-20-10-13-22(14-11-20)32(29,30)27-19(2)21-7-5-4-6-8-21/h4-11,13-15,17,19,27H,12,16H2,1-3H3,(H,26,28). The van der Waals surface area contributed by atoms with E-state index < -0.39 is 10.0 Å². The Bertz CT molecular complexity index is 1160. The van der Waals surface area contributed by atoms with E-state index in [1.807, 2.05) is 62.4 Å². The van der Waals surface area contributed by atoms with Gasteiger partial charge in [-0.1, -0.05) is 48.5 Å². The Kier molecular flexibility index (Phi) is 7.66. The largest absolute Gasteiger partial charge is 0.495 e. The van der Waals surface area contributed by atoms with Gasteiger partial charge in [0.15, 0.2) is 0 Å². The highest BCUT2D eigenvalue weighted by atomic mass is 32.2. The molecule has 0 saturated carbocycles. The molecule has 32 heavy (non-hydrogen) atoms. The summed E-state index contributed by atoms with van der Waals surface area (Å²) in [5.74, 6) is 0.472. The van der Waals surface area contributed by atoms with Crippen LogP contribution in [0.15, 0.2) is 77.7 Å². The van der Waals surface area contributed by atoms with Gasteiger partial charge in [0.05, 0.1) is 17.7 Å². The van der Waals surface area contributed by atoms with E-state index in [1.54, 1.807) is 31.4 Å². The molecule has 1 amide bonds. The van der Waals surface area contributed by atoms with Gasteiger partial charge < -0.3 is 10.1 Å². The van der Waals surface area contributed by atoms with Crippen molar-refractivity contribution < 1.29 is 17.9 Å². The maximum absolute atomic E-state index is 12.7. The summed E-state index contributed by atoms with van der Waals surface area (Å²) in [5, 5.41) is 2.88. The zero-order valence-corrected chi connectivity index (χ0v) is 19.3. The molecule has 0 bridgehead atoms. The SMILES string of the molecule is COc1ccc(C)cc1NC(=O)CCc1ccc(S(=O)(=O)NC(C)c2ccccc2)cc1. The monoisotopic (exact) mass is 452 g/mol. The van der Waals surface area contributed by atoms with Crippen LogP contribution in [0, 0.1) is 6.92 Å². The third-order valence-corrected chi connectivity index (χ3v) is 6.69. The summed E-state index contributed by atoms with van der Waals surface area (Å²) in [4.78, 5) is 12.6. The number of carbonyl (C=O) groups is 1. The van der Waals surface area contributed by atoms with Crippen LogP contribution in [0.3, 0.4) is 0 Å². The topological polar surface area (TPSA) is 84.5 Å². The van der Waals surface area contributed by atoms with Crippen LogP contribution in [-0.2, 0) is 21.2 Å². The molecule has 0 aromatic heterocycles. The van der Waals surface area contributed by atoms with Gasteiger partial charge in [0.2, 0.25) is 15.9 Å². The van der Waals surface area contributed by atoms with Crippen molar-refractivity contribution in [3.63, 3.8) is 0 Å². The number of amides is 1. The number of nitrogens with one attached hydrogen (secondary N) is 2. The summed E-state index contributed by atoms with van der Waals surface area (Å²) in [6.07, 6.45) is 0.765. The van der Waals surface area contributed by atoms with Crippen molar-refractivity contribution in [1.29, 1.82) is 0 Å². The van der Waals surface area contributed by atoms with Gasteiger partial charge >= 0.3 is 0 Å². The molecule has 0 aliphatic heterocycles. The molecule has 3 aromatic carbocycles. The van der Waals surface area contributed by atoms with Crippen LogP contribution in [0.25, 0.3) is 0 Å². The van der Waals surface area contributed by atoms with Gasteiger partial charge in [0.25, 0.3) is 0 Å². The van der Waals surface area contributed by atoms with Crippen LogP contribution in [0.1, 0.15) is 36.1 Å². The predicted molar refractivity (Wildman–Crippen MR) is 126 cm³/mol. The van der Waals surface area contributed by atoms with Crippen molar-refractivity contribution in [3.05, 3.63) is 89.5 Å². The highest BCUT2D eigenvalue weighted by Crippen LogP contribution is 2.25. The van der Waals surface area contributed by atoms with Crippen LogP contribution in [0.5, 0.6) is 5.75 Å². The fourth-order valence-corrected chi connectivity index (χ4v) is 4.57. The quantitative estimate of drug-likeness (QED) is 0.496. The van der Waals surface area contributed by atoms with E-state index in [-0.39, 0.29) is 23.3 Å². The van der Waals surface area contributed by atoms with E-state index in [1.165, 1.54) is 0 Å². The third kappa shape index (κ3) is 6.18. The van der Waals surface area contributed by atoms with Gasteiger partial charge in [-0.15, -0.1) is 0 Å². The molecular formula is C25H28N2O4S. The second kappa shape index (κ2) is 10.4. The second-order valence-electron chi connectivity index (χ2n) is 7.65. The van der Waals surface area contributed by atoms with Gasteiger partial charge in [-0.25, -0.2) is 13.1 Å². The molecule has 2 N–H and O–H groups in total. The van der Waals surface area contributed by atoms with Crippen molar-refractivity contribution in [2.24, 2.45) is 0 Å². The number of aryl methyl sites for hydroxylation is 2. The molecule has 0 heterocycles. The molecule has 168 valence electrons. The first-order valence-electron chi connectivity index (χ1n) is 10.4. The molecule has 0 spiro atoms. The fourth-order valence-electron chi connectivity index (χ4n) is 3.34. The van der Waals surface area contributed by atoms with Crippen molar-refractivity contribution >= 4 is 21.6 Å². The number of anilines is 1. The maximum Gasteiger partial charge on any atom is 0.241 e. The van der Waals surface area contributed by atoms with Crippen LogP contribution in [-0.4, -0.2) is 21.4 Å². The van der Waals surface area contributed by atoms with Crippen molar-refractivity contribution in [2.45, 2.75) is 37.6 Å². The van der Waals surface area contributed by atoms with E-state index in [0.717, 1.165) is 16.7 Å². The van der Waals surface area contributed by atoms with Crippen LogP contribution >= 0.6 is 0 Å². The molecular weight excluding hydrogens is 424 g/mol. The molecule has 3 rings (SSSR count). The minimum atomic E-state index is -3.65. The Morgan fingerprint density at radius 3 is 2.34 bits per heavy atom. The van der Waals surface area contributed by atoms with E-state index in [9.17, 15) is 13.2 Å². The molecule has 0 aliphatic rings. The molecule has 0 aliphatic carbocycles. The zero-order chi connectivity index (χ0) is 23.1. The molecule has 7 heteroatoms. The fraction of sp³-hybridized carbons (Fsp3) is 0.240. The molecule has 3 aromatic rings. The van der Waals surface area contributed by atoms with Crippen molar-refractivity contribution in [1.82, 2.24) is 4.72 Å². The summed E-state index contributed by atoms with van der Waals surface area (Å²) in [7, 11) is -2.09. The summed E-state index contributed by atoms with van der Waals surface area (Å²) in [6, 6.07) is 21.3. The maximum atomic E-state index is 12.7. The molecule has 0 saturated heterocycles. The molecule has 0 radical (unpaired) electrons. The van der Waals surface area contributed by atoms with Crippen molar-refractivity contribution in [3.8, 4) is 5.75 Å². The lowest BCUT2D eigenvalue weighted by atomic mass is 10.1. The number of hydrogen-bond acceptors (Lipinski definition) is 4. The third-order valence-electron chi connectivity index (χ3n) is 5.13. The van der Waals surface area contributed by atoms with E-state index in [2.05, 4.69) is 10.0 Å². The number of carbonyl (C=O) groups excluding carboxylic acids is 1. The van der Waals surface area contributed by atoms with Crippen molar-refractivity contribution in [2.75, 3.05) is 12.4 Å². The number of ether oxygens (including phenoxy) is 1.